The van der Waals surface area contributed by atoms with Crippen molar-refractivity contribution in [2.75, 3.05) is 19.6 Å². The average molecular weight is 609 g/mol. The molecular weight excluding hydrogens is 573 g/mol. The van der Waals surface area contributed by atoms with E-state index in [0.29, 0.717) is 50.8 Å². The van der Waals surface area contributed by atoms with E-state index in [-0.39, 0.29) is 23.9 Å². The van der Waals surface area contributed by atoms with Crippen LogP contribution in [-0.2, 0) is 16.6 Å². The van der Waals surface area contributed by atoms with Crippen LogP contribution in [0.5, 0.6) is 0 Å². The van der Waals surface area contributed by atoms with Crippen molar-refractivity contribution in [3.8, 4) is 11.1 Å². The molecule has 3 aromatic carbocycles. The minimum absolute atomic E-state index is 0.0555. The van der Waals surface area contributed by atoms with Gasteiger partial charge in [-0.25, -0.2) is 0 Å². The fraction of sp³-hybridized carbons (Fsp3) is 0.364. The number of rotatable bonds is 9. The highest BCUT2D eigenvalue weighted by Gasteiger charge is 2.44. The van der Waals surface area contributed by atoms with E-state index in [1.54, 1.807) is 12.1 Å². The van der Waals surface area contributed by atoms with Crippen molar-refractivity contribution >= 4 is 17.6 Å². The molecule has 0 unspecified atom stereocenters. The van der Waals surface area contributed by atoms with Crippen LogP contribution in [0, 0.1) is 0 Å². The van der Waals surface area contributed by atoms with Gasteiger partial charge < -0.3 is 26.8 Å². The monoisotopic (exact) mass is 608 g/mol. The Balaban J connectivity index is 1.20. The fourth-order valence-corrected chi connectivity index (χ4v) is 6.23. The first-order valence-electron chi connectivity index (χ1n) is 14.6. The average Bonchev–Trinajstić information content (AvgIpc) is 3.50. The summed E-state index contributed by atoms with van der Waals surface area (Å²) >= 11 is 0. The number of ketones is 1. The third-order valence-corrected chi connectivity index (χ3v) is 8.77. The third kappa shape index (κ3) is 6.69. The van der Waals surface area contributed by atoms with E-state index < -0.39 is 34.7 Å². The largest absolute Gasteiger partial charge is 0.416 e. The van der Waals surface area contributed by atoms with Gasteiger partial charge in [-0.1, -0.05) is 48.5 Å². The molecule has 11 heteroatoms. The number of alkyl halides is 3. The van der Waals surface area contributed by atoms with E-state index in [0.717, 1.165) is 34.9 Å². The Morgan fingerprint density at radius 3 is 2.30 bits per heavy atom. The molecule has 1 heterocycles. The van der Waals surface area contributed by atoms with Crippen LogP contribution in [0.1, 0.15) is 63.9 Å². The quantitative estimate of drug-likeness (QED) is 0.250. The van der Waals surface area contributed by atoms with Crippen molar-refractivity contribution in [2.45, 2.75) is 55.5 Å². The van der Waals surface area contributed by atoms with E-state index in [2.05, 4.69) is 16.0 Å². The zero-order chi connectivity index (χ0) is 31.5. The molecule has 44 heavy (non-hydrogen) atoms. The van der Waals surface area contributed by atoms with Gasteiger partial charge in [-0.2, -0.15) is 13.2 Å². The van der Waals surface area contributed by atoms with Crippen molar-refractivity contribution in [1.82, 2.24) is 16.0 Å². The molecule has 0 bridgehead atoms. The van der Waals surface area contributed by atoms with Gasteiger partial charge in [0.2, 0.25) is 5.91 Å². The number of hydrogen-bond donors (Lipinski definition) is 5. The van der Waals surface area contributed by atoms with Gasteiger partial charge in [-0.05, 0) is 79.6 Å². The number of Topliss-reactive ketones (excluding diaryl/α,β-unsaturated/α-hetero) is 1. The zero-order valence-electron chi connectivity index (χ0n) is 24.0. The highest BCUT2D eigenvalue weighted by Crippen LogP contribution is 2.39. The molecule has 6 N–H and O–H groups in total. The summed E-state index contributed by atoms with van der Waals surface area (Å²) in [7, 11) is 0. The van der Waals surface area contributed by atoms with Crippen LogP contribution in [-0.4, -0.2) is 53.9 Å². The van der Waals surface area contributed by atoms with Gasteiger partial charge in [0.25, 0.3) is 5.91 Å². The molecule has 5 rings (SSSR count). The number of carbonyl (C=O) groups excluding carboxylic acids is 3. The van der Waals surface area contributed by atoms with Gasteiger partial charge in [-0.3, -0.25) is 14.4 Å². The van der Waals surface area contributed by atoms with E-state index in [4.69, 9.17) is 5.73 Å². The number of aliphatic hydroxyl groups is 1. The molecule has 1 saturated carbocycles. The molecule has 232 valence electrons. The maximum absolute atomic E-state index is 13.4. The second-order valence-electron chi connectivity index (χ2n) is 11.6. The number of carbonyl (C=O) groups is 3. The smallest absolute Gasteiger partial charge is 0.385 e. The van der Waals surface area contributed by atoms with Crippen molar-refractivity contribution in [3.63, 3.8) is 0 Å². The van der Waals surface area contributed by atoms with Crippen LogP contribution in [0.4, 0.5) is 13.2 Å². The summed E-state index contributed by atoms with van der Waals surface area (Å²) in [6.45, 7) is 0.633. The second kappa shape index (κ2) is 12.5. The predicted octanol–water partition coefficient (Wildman–Crippen LogP) is 3.92. The van der Waals surface area contributed by atoms with Gasteiger partial charge in [0, 0.05) is 23.7 Å². The Kier molecular flexibility index (Phi) is 8.92. The number of amides is 2. The van der Waals surface area contributed by atoms with Crippen LogP contribution in [0.2, 0.25) is 0 Å². The van der Waals surface area contributed by atoms with Gasteiger partial charge in [0.15, 0.2) is 5.78 Å². The molecule has 0 spiro atoms. The summed E-state index contributed by atoms with van der Waals surface area (Å²) in [5, 5.41) is 20.7. The highest BCUT2D eigenvalue weighted by molar-refractivity contribution is 6.00. The molecule has 1 aliphatic heterocycles. The van der Waals surface area contributed by atoms with Crippen LogP contribution < -0.4 is 21.7 Å². The second-order valence-corrected chi connectivity index (χ2v) is 11.6. The molecule has 2 aliphatic rings. The van der Waals surface area contributed by atoms with Crippen molar-refractivity contribution in [1.29, 1.82) is 0 Å². The number of nitrogens with one attached hydrogen (secondary N) is 3. The normalized spacial score (nSPS) is 23.7. The summed E-state index contributed by atoms with van der Waals surface area (Å²) in [4.78, 5) is 37.8. The van der Waals surface area contributed by atoms with Gasteiger partial charge in [-0.15, -0.1) is 0 Å². The molecule has 8 nitrogen and oxygen atoms in total. The summed E-state index contributed by atoms with van der Waals surface area (Å²) in [6.07, 6.45) is -1.94. The summed E-state index contributed by atoms with van der Waals surface area (Å²) in [6, 6.07) is 18.6. The standard InChI is InChI=1S/C33H35F3N4O4/c34-33(35,36)24-5-3-4-22(18-24)30(43)39-19-28(41)31(16-17-38-20-31)40-25-12-14-32(44,15-13-25)23-10-8-21(9-11-23)26-6-1-2-7-27(26)29(37)42/h1-11,18,25,38,40,44H,12-17,19-20H2,(H2,37,42)(H,39,43)/t25?,31-,32?/m0/s1. The molecule has 1 saturated heterocycles. The minimum Gasteiger partial charge on any atom is -0.385 e. The minimum atomic E-state index is -4.58. The van der Waals surface area contributed by atoms with Crippen LogP contribution in [0.15, 0.2) is 72.8 Å². The lowest BCUT2D eigenvalue weighted by molar-refractivity contribution is -0.137. The molecule has 1 aliphatic carbocycles. The molecule has 3 aromatic rings. The Bertz CT molecular complexity index is 1530. The third-order valence-electron chi connectivity index (χ3n) is 8.77. The van der Waals surface area contributed by atoms with Gasteiger partial charge in [0.1, 0.15) is 0 Å². The van der Waals surface area contributed by atoms with Gasteiger partial charge in [0.05, 0.1) is 23.2 Å². The van der Waals surface area contributed by atoms with Crippen LogP contribution in [0.25, 0.3) is 11.1 Å². The number of nitrogens with two attached hydrogens (primary N) is 1. The summed E-state index contributed by atoms with van der Waals surface area (Å²) < 4.78 is 39.2. The first-order chi connectivity index (χ1) is 20.9. The van der Waals surface area contributed by atoms with Crippen LogP contribution in [0.3, 0.4) is 0 Å². The number of primary amides is 1. The number of hydrogen-bond acceptors (Lipinski definition) is 6. The van der Waals surface area contributed by atoms with Crippen molar-refractivity contribution in [3.05, 3.63) is 95.1 Å². The zero-order valence-corrected chi connectivity index (χ0v) is 24.0. The molecule has 2 fully saturated rings. The molecule has 0 radical (unpaired) electrons. The van der Waals surface area contributed by atoms with E-state index in [9.17, 15) is 32.7 Å². The predicted molar refractivity (Wildman–Crippen MR) is 159 cm³/mol. The van der Waals surface area contributed by atoms with E-state index >= 15 is 0 Å². The Hall–Kier alpha value is -4.06. The van der Waals surface area contributed by atoms with Gasteiger partial charge >= 0.3 is 6.18 Å². The van der Waals surface area contributed by atoms with E-state index in [1.165, 1.54) is 6.07 Å². The first kappa shape index (κ1) is 31.4. The molecule has 1 atom stereocenters. The Morgan fingerprint density at radius 1 is 0.955 bits per heavy atom. The van der Waals surface area contributed by atoms with Crippen LogP contribution >= 0.6 is 0 Å². The lowest BCUT2D eigenvalue weighted by atomic mass is 9.76. The highest BCUT2D eigenvalue weighted by atomic mass is 19.4. The number of benzene rings is 3. The first-order valence-corrected chi connectivity index (χ1v) is 14.6. The number of halogens is 3. The topological polar surface area (TPSA) is 134 Å². The van der Waals surface area contributed by atoms with Crippen molar-refractivity contribution < 1.29 is 32.7 Å². The molecule has 0 aromatic heterocycles. The molecular formula is C33H35F3N4O4. The SMILES string of the molecule is NC(=O)c1ccccc1-c1ccc(C2(O)CCC(N[C@@]3(C(=O)CNC(=O)c4cccc(C(F)(F)F)c4)CCNC3)CC2)cc1. The lowest BCUT2D eigenvalue weighted by Crippen LogP contribution is -2.60. The maximum Gasteiger partial charge on any atom is 0.416 e. The Morgan fingerprint density at radius 2 is 1.66 bits per heavy atom. The Labute approximate surface area is 253 Å². The van der Waals surface area contributed by atoms with E-state index in [1.807, 2.05) is 36.4 Å². The molecule has 2 amide bonds. The van der Waals surface area contributed by atoms with Crippen molar-refractivity contribution in [2.24, 2.45) is 5.73 Å². The maximum atomic E-state index is 13.4. The lowest BCUT2D eigenvalue weighted by Gasteiger charge is -2.40. The fourth-order valence-electron chi connectivity index (χ4n) is 6.23. The summed E-state index contributed by atoms with van der Waals surface area (Å²) in [5.74, 6) is -1.52. The summed E-state index contributed by atoms with van der Waals surface area (Å²) in [5.41, 5.74) is 5.16.